The number of hydrogen-bond donors (Lipinski definition) is 0. The fourth-order valence-electron chi connectivity index (χ4n) is 1.77. The Bertz CT molecular complexity index is 743. The van der Waals surface area contributed by atoms with Gasteiger partial charge in [-0.25, -0.2) is 8.42 Å². The molecule has 0 amide bonds. The van der Waals surface area contributed by atoms with Crippen molar-refractivity contribution in [3.63, 3.8) is 0 Å². The van der Waals surface area contributed by atoms with Crippen molar-refractivity contribution in [3.8, 4) is 5.75 Å². The average Bonchev–Trinajstić information content (AvgIpc) is 2.72. The lowest BCUT2D eigenvalue weighted by Gasteiger charge is -2.12. The van der Waals surface area contributed by atoms with E-state index in [9.17, 15) is 8.42 Å². The number of rotatable bonds is 4. The first-order chi connectivity index (χ1) is 9.27. The zero-order valence-corrected chi connectivity index (χ0v) is 14.0. The second-order valence-electron chi connectivity index (χ2n) is 4.30. The molecular formula is C12H12BrClN2O3S. The van der Waals surface area contributed by atoms with Crippen molar-refractivity contribution in [1.29, 1.82) is 0 Å². The van der Waals surface area contributed by atoms with Gasteiger partial charge in [0, 0.05) is 34.0 Å². The summed E-state index contributed by atoms with van der Waals surface area (Å²) < 4.78 is 31.1. The highest BCUT2D eigenvalue weighted by Crippen LogP contribution is 2.34. The maximum Gasteiger partial charge on any atom is 0.265 e. The van der Waals surface area contributed by atoms with E-state index in [1.807, 2.05) is 0 Å². The summed E-state index contributed by atoms with van der Waals surface area (Å²) in [6, 6.07) is 3.19. The molecule has 1 aromatic heterocycles. The number of aryl methyl sites for hydroxylation is 2. The summed E-state index contributed by atoms with van der Waals surface area (Å²) in [7, 11) is 3.36. The number of aromatic nitrogens is 2. The number of hydrogen-bond acceptors (Lipinski definition) is 4. The van der Waals surface area contributed by atoms with Gasteiger partial charge in [-0.05, 0) is 24.6 Å². The van der Waals surface area contributed by atoms with Crippen LogP contribution in [0, 0.1) is 6.92 Å². The molecule has 0 radical (unpaired) electrons. The summed E-state index contributed by atoms with van der Waals surface area (Å²) in [4.78, 5) is -0.0464. The van der Waals surface area contributed by atoms with Crippen LogP contribution in [-0.2, 0) is 22.7 Å². The first-order valence-corrected chi connectivity index (χ1v) is 8.73. The van der Waals surface area contributed by atoms with Gasteiger partial charge in [0.25, 0.3) is 9.05 Å². The normalized spacial score (nSPS) is 11.6. The van der Waals surface area contributed by atoms with Gasteiger partial charge in [-0.15, -0.1) is 0 Å². The van der Waals surface area contributed by atoms with Crippen LogP contribution in [0.3, 0.4) is 0 Å². The number of nitrogens with zero attached hydrogens (tertiary/aromatic N) is 2. The van der Waals surface area contributed by atoms with Crippen LogP contribution in [0.25, 0.3) is 0 Å². The Kier molecular flexibility index (Phi) is 4.41. The monoisotopic (exact) mass is 378 g/mol. The third kappa shape index (κ3) is 3.53. The second-order valence-corrected chi connectivity index (χ2v) is 7.75. The van der Waals surface area contributed by atoms with Crippen molar-refractivity contribution < 1.29 is 13.2 Å². The molecule has 0 unspecified atom stereocenters. The van der Waals surface area contributed by atoms with Crippen molar-refractivity contribution >= 4 is 35.7 Å². The predicted octanol–water partition coefficient (Wildman–Crippen LogP) is 3.00. The van der Waals surface area contributed by atoms with Gasteiger partial charge in [-0.2, -0.15) is 5.10 Å². The molecule has 108 valence electrons. The molecule has 0 aliphatic rings. The van der Waals surface area contributed by atoms with E-state index in [4.69, 9.17) is 15.4 Å². The quantitative estimate of drug-likeness (QED) is 0.766. The molecule has 1 aromatic carbocycles. The minimum Gasteiger partial charge on any atom is -0.487 e. The van der Waals surface area contributed by atoms with Crippen molar-refractivity contribution in [1.82, 2.24) is 9.78 Å². The Balaban J connectivity index is 2.35. The minimum atomic E-state index is -3.88. The van der Waals surface area contributed by atoms with Gasteiger partial charge < -0.3 is 4.74 Å². The van der Waals surface area contributed by atoms with Gasteiger partial charge in [-0.3, -0.25) is 4.68 Å². The largest absolute Gasteiger partial charge is 0.487 e. The van der Waals surface area contributed by atoms with Crippen LogP contribution in [0.4, 0.5) is 0 Å². The molecule has 0 N–H and O–H groups in total. The SMILES string of the molecule is Cc1cc(Br)cc(S(=O)(=O)Cl)c1OCc1cnn(C)c1. The van der Waals surface area contributed by atoms with Gasteiger partial charge >= 0.3 is 0 Å². The summed E-state index contributed by atoms with van der Waals surface area (Å²) in [5, 5.41) is 4.02. The first-order valence-electron chi connectivity index (χ1n) is 5.62. The topological polar surface area (TPSA) is 61.2 Å². The lowest BCUT2D eigenvalue weighted by atomic mass is 10.2. The van der Waals surface area contributed by atoms with E-state index >= 15 is 0 Å². The van der Waals surface area contributed by atoms with Crippen LogP contribution in [-0.4, -0.2) is 18.2 Å². The van der Waals surface area contributed by atoms with Crippen LogP contribution < -0.4 is 4.74 Å². The van der Waals surface area contributed by atoms with E-state index in [1.165, 1.54) is 6.07 Å². The Morgan fingerprint density at radius 1 is 1.45 bits per heavy atom. The maximum atomic E-state index is 11.6. The summed E-state index contributed by atoms with van der Waals surface area (Å²) in [5.41, 5.74) is 1.52. The highest BCUT2D eigenvalue weighted by molar-refractivity contribution is 9.10. The zero-order chi connectivity index (χ0) is 14.9. The van der Waals surface area contributed by atoms with Gasteiger partial charge in [0.2, 0.25) is 0 Å². The smallest absolute Gasteiger partial charge is 0.265 e. The van der Waals surface area contributed by atoms with Gasteiger partial charge in [-0.1, -0.05) is 15.9 Å². The lowest BCUT2D eigenvalue weighted by molar-refractivity contribution is 0.296. The summed E-state index contributed by atoms with van der Waals surface area (Å²) in [6.45, 7) is 1.98. The predicted molar refractivity (Wildman–Crippen MR) is 79.5 cm³/mol. The summed E-state index contributed by atoms with van der Waals surface area (Å²) >= 11 is 3.25. The van der Waals surface area contributed by atoms with E-state index < -0.39 is 9.05 Å². The maximum absolute atomic E-state index is 11.6. The Hall–Kier alpha value is -1.05. The van der Waals surface area contributed by atoms with E-state index in [-0.39, 0.29) is 17.3 Å². The molecule has 8 heteroatoms. The number of halogens is 2. The summed E-state index contributed by atoms with van der Waals surface area (Å²) in [6.07, 6.45) is 3.45. The molecule has 0 bridgehead atoms. The van der Waals surface area contributed by atoms with E-state index in [0.717, 1.165) is 5.56 Å². The molecule has 2 aromatic rings. The molecule has 0 aliphatic carbocycles. The molecule has 0 aliphatic heterocycles. The third-order valence-corrected chi connectivity index (χ3v) is 4.39. The molecule has 0 atom stereocenters. The molecule has 20 heavy (non-hydrogen) atoms. The van der Waals surface area contributed by atoms with Crippen LogP contribution in [0.1, 0.15) is 11.1 Å². The Morgan fingerprint density at radius 2 is 2.15 bits per heavy atom. The van der Waals surface area contributed by atoms with Crippen LogP contribution in [0.5, 0.6) is 5.75 Å². The van der Waals surface area contributed by atoms with Crippen molar-refractivity contribution in [2.45, 2.75) is 18.4 Å². The fraction of sp³-hybridized carbons (Fsp3) is 0.250. The number of ether oxygens (including phenoxy) is 1. The van der Waals surface area contributed by atoms with Crippen molar-refractivity contribution in [2.75, 3.05) is 0 Å². The molecule has 1 heterocycles. The minimum absolute atomic E-state index is 0.0464. The Labute approximate surface area is 130 Å². The van der Waals surface area contributed by atoms with Crippen LogP contribution in [0.2, 0.25) is 0 Å². The van der Waals surface area contributed by atoms with Crippen molar-refractivity contribution in [2.24, 2.45) is 7.05 Å². The first kappa shape index (κ1) is 15.3. The van der Waals surface area contributed by atoms with E-state index in [2.05, 4.69) is 21.0 Å². The molecular weight excluding hydrogens is 368 g/mol. The molecule has 0 spiro atoms. The highest BCUT2D eigenvalue weighted by atomic mass is 79.9. The molecule has 0 fully saturated rings. The molecule has 0 saturated heterocycles. The molecule has 5 nitrogen and oxygen atoms in total. The van der Waals surface area contributed by atoms with E-state index in [0.29, 0.717) is 10.0 Å². The molecule has 2 rings (SSSR count). The van der Waals surface area contributed by atoms with E-state index in [1.54, 1.807) is 37.1 Å². The van der Waals surface area contributed by atoms with Crippen molar-refractivity contribution in [3.05, 3.63) is 40.1 Å². The lowest BCUT2D eigenvalue weighted by Crippen LogP contribution is -2.02. The van der Waals surface area contributed by atoms with Gasteiger partial charge in [0.05, 0.1) is 6.20 Å². The standard InChI is InChI=1S/C12H12BrClN2O3S/c1-8-3-10(13)4-11(20(14,17)18)12(8)19-7-9-5-15-16(2)6-9/h3-6H,7H2,1-2H3. The van der Waals surface area contributed by atoms with Gasteiger partial charge in [0.15, 0.2) is 0 Å². The summed E-state index contributed by atoms with van der Waals surface area (Å²) in [5.74, 6) is 0.257. The van der Waals surface area contributed by atoms with Crippen LogP contribution >= 0.6 is 26.6 Å². The molecule has 0 saturated carbocycles. The Morgan fingerprint density at radius 3 is 2.70 bits per heavy atom. The highest BCUT2D eigenvalue weighted by Gasteiger charge is 2.20. The zero-order valence-electron chi connectivity index (χ0n) is 10.8. The number of benzene rings is 1. The third-order valence-electron chi connectivity index (χ3n) is 2.61. The van der Waals surface area contributed by atoms with Gasteiger partial charge in [0.1, 0.15) is 17.3 Å². The average molecular weight is 380 g/mol. The fourth-order valence-corrected chi connectivity index (χ4v) is 3.54. The second kappa shape index (κ2) is 5.75. The van der Waals surface area contributed by atoms with Crippen LogP contribution in [0.15, 0.2) is 33.9 Å².